The van der Waals surface area contributed by atoms with E-state index < -0.39 is 10.0 Å². The largest absolute Gasteiger partial charge is 0.495 e. The van der Waals surface area contributed by atoms with Gasteiger partial charge in [-0.2, -0.15) is 0 Å². The minimum absolute atomic E-state index is 0.131. The lowest BCUT2D eigenvalue weighted by molar-refractivity contribution is 0.403. The van der Waals surface area contributed by atoms with Gasteiger partial charge in [-0.05, 0) is 29.7 Å². The Balaban J connectivity index is 2.43. The molecule has 0 saturated carbocycles. The Morgan fingerprint density at radius 3 is 2.29 bits per heavy atom. The number of para-hydroxylation sites is 2. The molecule has 0 aromatic heterocycles. The summed E-state index contributed by atoms with van der Waals surface area (Å²) in [5.41, 5.74) is 1.55. The van der Waals surface area contributed by atoms with Crippen molar-refractivity contribution in [3.05, 3.63) is 54.1 Å². The van der Waals surface area contributed by atoms with E-state index in [1.54, 1.807) is 24.3 Å². The fourth-order valence-corrected chi connectivity index (χ4v) is 3.39. The standard InChI is InChI=1S/C16H19NO3S/c1-12(2)13-8-4-5-9-14(13)17-21(18,19)16-11-7-6-10-15(16)20-3/h4-12,17H,1-3H3. The third-order valence-electron chi connectivity index (χ3n) is 3.19. The first kappa shape index (κ1) is 15.4. The van der Waals surface area contributed by atoms with Crippen molar-refractivity contribution in [3.8, 4) is 5.75 Å². The molecule has 0 aliphatic heterocycles. The van der Waals surface area contributed by atoms with Gasteiger partial charge in [0.05, 0.1) is 12.8 Å². The van der Waals surface area contributed by atoms with Crippen molar-refractivity contribution >= 4 is 15.7 Å². The van der Waals surface area contributed by atoms with Gasteiger partial charge in [0.1, 0.15) is 10.6 Å². The topological polar surface area (TPSA) is 55.4 Å². The number of rotatable bonds is 5. The summed E-state index contributed by atoms with van der Waals surface area (Å²) in [5, 5.41) is 0. The fourth-order valence-electron chi connectivity index (χ4n) is 2.13. The minimum Gasteiger partial charge on any atom is -0.495 e. The van der Waals surface area contributed by atoms with E-state index in [1.807, 2.05) is 32.0 Å². The molecule has 2 rings (SSSR count). The van der Waals surface area contributed by atoms with Crippen molar-refractivity contribution in [1.82, 2.24) is 0 Å². The lowest BCUT2D eigenvalue weighted by atomic mass is 10.0. The second-order valence-corrected chi connectivity index (χ2v) is 6.65. The van der Waals surface area contributed by atoms with Crippen LogP contribution in [-0.2, 0) is 10.0 Å². The second-order valence-electron chi connectivity index (χ2n) is 5.00. The van der Waals surface area contributed by atoms with Crippen LogP contribution in [0, 0.1) is 0 Å². The first-order valence-electron chi connectivity index (χ1n) is 6.70. The van der Waals surface area contributed by atoms with Crippen LogP contribution in [0.5, 0.6) is 5.75 Å². The third-order valence-corrected chi connectivity index (χ3v) is 4.59. The molecule has 0 bridgehead atoms. The second kappa shape index (κ2) is 6.18. The molecule has 0 aliphatic rings. The van der Waals surface area contributed by atoms with E-state index in [4.69, 9.17) is 4.74 Å². The molecule has 0 fully saturated rings. The number of benzene rings is 2. The van der Waals surface area contributed by atoms with Crippen molar-refractivity contribution in [3.63, 3.8) is 0 Å². The van der Waals surface area contributed by atoms with E-state index >= 15 is 0 Å². The van der Waals surface area contributed by atoms with E-state index in [0.29, 0.717) is 11.4 Å². The Morgan fingerprint density at radius 2 is 1.62 bits per heavy atom. The van der Waals surface area contributed by atoms with Crippen LogP contribution in [0.2, 0.25) is 0 Å². The first-order chi connectivity index (χ1) is 9.95. The molecule has 0 spiro atoms. The molecule has 0 amide bonds. The Labute approximate surface area is 125 Å². The lowest BCUT2D eigenvalue weighted by Crippen LogP contribution is -2.15. The number of ether oxygens (including phenoxy) is 1. The van der Waals surface area contributed by atoms with E-state index in [9.17, 15) is 8.42 Å². The van der Waals surface area contributed by atoms with Crippen molar-refractivity contribution in [1.29, 1.82) is 0 Å². The smallest absolute Gasteiger partial charge is 0.265 e. The Hall–Kier alpha value is -2.01. The Morgan fingerprint density at radius 1 is 1.00 bits per heavy atom. The quantitative estimate of drug-likeness (QED) is 0.918. The van der Waals surface area contributed by atoms with Gasteiger partial charge < -0.3 is 4.74 Å². The van der Waals surface area contributed by atoms with Crippen LogP contribution in [0.4, 0.5) is 5.69 Å². The van der Waals surface area contributed by atoms with Crippen LogP contribution in [0.25, 0.3) is 0 Å². The molecule has 0 aliphatic carbocycles. The molecule has 2 aromatic rings. The Bertz CT molecular complexity index is 724. The summed E-state index contributed by atoms with van der Waals surface area (Å²) < 4.78 is 32.9. The zero-order valence-corrected chi connectivity index (χ0v) is 13.1. The molecule has 21 heavy (non-hydrogen) atoms. The highest BCUT2D eigenvalue weighted by Crippen LogP contribution is 2.29. The average molecular weight is 305 g/mol. The highest BCUT2D eigenvalue weighted by Gasteiger charge is 2.20. The Kier molecular flexibility index (Phi) is 4.53. The summed E-state index contributed by atoms with van der Waals surface area (Å²) in [6.07, 6.45) is 0. The molecule has 1 N–H and O–H groups in total. The van der Waals surface area contributed by atoms with Gasteiger partial charge in [-0.3, -0.25) is 4.72 Å². The summed E-state index contributed by atoms with van der Waals surface area (Å²) >= 11 is 0. The van der Waals surface area contributed by atoms with Crippen LogP contribution >= 0.6 is 0 Å². The predicted molar refractivity (Wildman–Crippen MR) is 84.3 cm³/mol. The number of hydrogen-bond donors (Lipinski definition) is 1. The fraction of sp³-hybridized carbons (Fsp3) is 0.250. The maximum atomic E-state index is 12.6. The molecule has 5 heteroatoms. The van der Waals surface area contributed by atoms with Crippen LogP contribution in [0.3, 0.4) is 0 Å². The van der Waals surface area contributed by atoms with Crippen LogP contribution in [0.15, 0.2) is 53.4 Å². The number of sulfonamides is 1. The third kappa shape index (κ3) is 3.36. The van der Waals surface area contributed by atoms with E-state index in [0.717, 1.165) is 5.56 Å². The van der Waals surface area contributed by atoms with Gasteiger partial charge in [0, 0.05) is 0 Å². The maximum absolute atomic E-state index is 12.6. The number of methoxy groups -OCH3 is 1. The van der Waals surface area contributed by atoms with E-state index in [-0.39, 0.29) is 10.8 Å². The number of nitrogens with one attached hydrogen (secondary N) is 1. The van der Waals surface area contributed by atoms with Gasteiger partial charge >= 0.3 is 0 Å². The van der Waals surface area contributed by atoms with Crippen LogP contribution in [0.1, 0.15) is 25.3 Å². The summed E-state index contributed by atoms with van der Waals surface area (Å²) in [4.78, 5) is 0.131. The number of anilines is 1. The molecule has 0 radical (unpaired) electrons. The zero-order valence-electron chi connectivity index (χ0n) is 12.3. The van der Waals surface area contributed by atoms with Gasteiger partial charge in [0.25, 0.3) is 10.0 Å². The lowest BCUT2D eigenvalue weighted by Gasteiger charge is -2.16. The molecular formula is C16H19NO3S. The minimum atomic E-state index is -3.69. The van der Waals surface area contributed by atoms with Gasteiger partial charge in [0.2, 0.25) is 0 Å². The zero-order chi connectivity index (χ0) is 15.5. The van der Waals surface area contributed by atoms with E-state index in [2.05, 4.69) is 4.72 Å². The van der Waals surface area contributed by atoms with Crippen LogP contribution < -0.4 is 9.46 Å². The van der Waals surface area contributed by atoms with E-state index in [1.165, 1.54) is 13.2 Å². The summed E-state index contributed by atoms with van der Waals surface area (Å²) in [5.74, 6) is 0.550. The highest BCUT2D eigenvalue weighted by molar-refractivity contribution is 7.92. The van der Waals surface area contributed by atoms with Crippen LogP contribution in [-0.4, -0.2) is 15.5 Å². The summed E-state index contributed by atoms with van der Waals surface area (Å²) in [6, 6.07) is 14.0. The van der Waals surface area contributed by atoms with Crippen molar-refractivity contribution < 1.29 is 13.2 Å². The highest BCUT2D eigenvalue weighted by atomic mass is 32.2. The van der Waals surface area contributed by atoms with Crippen molar-refractivity contribution in [2.75, 3.05) is 11.8 Å². The van der Waals surface area contributed by atoms with Crippen molar-refractivity contribution in [2.24, 2.45) is 0 Å². The van der Waals surface area contributed by atoms with Gasteiger partial charge in [-0.25, -0.2) is 8.42 Å². The molecule has 2 aromatic carbocycles. The average Bonchev–Trinajstić information content (AvgIpc) is 2.47. The molecule has 0 heterocycles. The van der Waals surface area contributed by atoms with Gasteiger partial charge in [-0.1, -0.05) is 44.2 Å². The molecular weight excluding hydrogens is 286 g/mol. The summed E-state index contributed by atoms with van der Waals surface area (Å²) in [7, 11) is -2.23. The summed E-state index contributed by atoms with van der Waals surface area (Å²) in [6.45, 7) is 4.05. The first-order valence-corrected chi connectivity index (χ1v) is 8.19. The molecule has 0 unspecified atom stereocenters. The number of hydrogen-bond acceptors (Lipinski definition) is 3. The normalized spacial score (nSPS) is 11.4. The van der Waals surface area contributed by atoms with Crippen molar-refractivity contribution in [2.45, 2.75) is 24.7 Å². The SMILES string of the molecule is COc1ccccc1S(=O)(=O)Nc1ccccc1C(C)C. The molecule has 4 nitrogen and oxygen atoms in total. The van der Waals surface area contributed by atoms with Gasteiger partial charge in [0.15, 0.2) is 0 Å². The predicted octanol–water partition coefficient (Wildman–Crippen LogP) is 3.62. The van der Waals surface area contributed by atoms with Gasteiger partial charge in [-0.15, -0.1) is 0 Å². The molecule has 0 saturated heterocycles. The molecule has 0 atom stereocenters. The monoisotopic (exact) mass is 305 g/mol. The maximum Gasteiger partial charge on any atom is 0.265 e. The molecule has 112 valence electrons.